The first kappa shape index (κ1) is 49.5. The molecular formula is C41H78NO8P. The average Bonchev–Trinajstić information content (AvgIpc) is 3.11. The van der Waals surface area contributed by atoms with Crippen LogP contribution >= 0.6 is 7.82 Å². The average molecular weight is 744 g/mol. The summed E-state index contributed by atoms with van der Waals surface area (Å²) in [6.07, 6.45) is 39.1. The number of rotatable bonds is 39. The molecule has 0 spiro atoms. The number of quaternary nitrogens is 1. The fourth-order valence-corrected chi connectivity index (χ4v) is 6.50. The van der Waals surface area contributed by atoms with E-state index in [-0.39, 0.29) is 32.6 Å². The van der Waals surface area contributed by atoms with E-state index in [2.05, 4.69) is 43.9 Å². The number of esters is 2. The molecule has 3 N–H and O–H groups in total. The predicted molar refractivity (Wildman–Crippen MR) is 207 cm³/mol. The van der Waals surface area contributed by atoms with Gasteiger partial charge >= 0.3 is 11.9 Å². The Morgan fingerprint density at radius 3 is 1.53 bits per heavy atom. The molecule has 0 aliphatic heterocycles. The maximum absolute atomic E-state index is 12.5. The summed E-state index contributed by atoms with van der Waals surface area (Å²) in [4.78, 5) is 36.9. The summed E-state index contributed by atoms with van der Waals surface area (Å²) in [5.74, 6) is -0.856. The van der Waals surface area contributed by atoms with E-state index in [9.17, 15) is 19.0 Å². The molecule has 10 heteroatoms. The van der Waals surface area contributed by atoms with Gasteiger partial charge in [-0.15, -0.1) is 0 Å². The number of hydrogen-bond acceptors (Lipinski definition) is 8. The maximum atomic E-state index is 12.5. The minimum atomic E-state index is -4.58. The second-order valence-corrected chi connectivity index (χ2v) is 15.3. The highest BCUT2D eigenvalue weighted by atomic mass is 31.2. The van der Waals surface area contributed by atoms with Crippen LogP contribution in [-0.4, -0.2) is 44.4 Å². The van der Waals surface area contributed by atoms with Crippen molar-refractivity contribution in [2.75, 3.05) is 26.4 Å². The second kappa shape index (κ2) is 38.2. The van der Waals surface area contributed by atoms with Gasteiger partial charge in [-0.05, 0) is 44.9 Å². The molecule has 0 amide bonds. The quantitative estimate of drug-likeness (QED) is 0.0284. The Hall–Kier alpha value is -1.51. The van der Waals surface area contributed by atoms with Crippen LogP contribution in [0.25, 0.3) is 0 Å². The van der Waals surface area contributed by atoms with Crippen molar-refractivity contribution >= 4 is 19.8 Å². The molecule has 0 aromatic rings. The van der Waals surface area contributed by atoms with Gasteiger partial charge in [0, 0.05) is 12.8 Å². The molecule has 0 heterocycles. The van der Waals surface area contributed by atoms with Crippen LogP contribution in [0.2, 0.25) is 0 Å². The topological polar surface area (TPSA) is 139 Å². The van der Waals surface area contributed by atoms with E-state index in [1.54, 1.807) is 0 Å². The third-order valence-corrected chi connectivity index (χ3v) is 9.82. The highest BCUT2D eigenvalue weighted by Crippen LogP contribution is 2.38. The normalized spacial score (nSPS) is 13.6. The molecule has 2 atom stereocenters. The van der Waals surface area contributed by atoms with E-state index in [0.29, 0.717) is 6.42 Å². The van der Waals surface area contributed by atoms with Crippen molar-refractivity contribution in [2.45, 2.75) is 200 Å². The standard InChI is InChI=1S/C41H78NO8P/c1-3-5-7-9-11-13-15-17-19-21-23-25-27-29-31-33-40(43)47-37-39(38-49-51(45,46)48-36-35-42)50-41(44)34-32-30-28-26-24-22-20-18-16-14-12-10-8-6-4-2/h12,14,18,20,39H,3-11,13,15-17,19,21-38,42H2,1-2H3,(H,45,46)/t39-/m1/s1. The Bertz CT molecular complexity index is 897. The molecule has 0 aromatic heterocycles. The summed E-state index contributed by atoms with van der Waals surface area (Å²) in [5.41, 5.74) is 3.55. The van der Waals surface area contributed by atoms with E-state index in [4.69, 9.17) is 18.5 Å². The Kier molecular flexibility index (Phi) is 37.1. The minimum Gasteiger partial charge on any atom is -0.756 e. The van der Waals surface area contributed by atoms with Gasteiger partial charge in [0.25, 0.3) is 7.82 Å². The Balaban J connectivity index is 4.18. The van der Waals surface area contributed by atoms with Crippen molar-refractivity contribution < 1.29 is 43.3 Å². The Labute approximate surface area is 312 Å². The van der Waals surface area contributed by atoms with Crippen molar-refractivity contribution in [3.05, 3.63) is 24.3 Å². The van der Waals surface area contributed by atoms with Crippen LogP contribution in [0, 0.1) is 0 Å². The van der Waals surface area contributed by atoms with Crippen molar-refractivity contribution in [1.29, 1.82) is 0 Å². The number of ether oxygens (including phenoxy) is 2. The number of unbranched alkanes of at least 4 members (excludes halogenated alkanes) is 22. The fraction of sp³-hybridized carbons (Fsp3) is 0.854. The third kappa shape index (κ3) is 38.0. The first-order chi connectivity index (χ1) is 24.8. The minimum absolute atomic E-state index is 0.105. The largest absolute Gasteiger partial charge is 0.756 e. The SMILES string of the molecule is CCCCCC=CCC=CCCCCCCCC(=O)O[C@H](COC(=O)CCCCCCCCCCCCCCCCC)COP(=O)([O-])OCC[NH3+]. The molecule has 0 aliphatic rings. The van der Waals surface area contributed by atoms with Crippen molar-refractivity contribution in [2.24, 2.45) is 0 Å². The van der Waals surface area contributed by atoms with Gasteiger partial charge in [0.1, 0.15) is 13.2 Å². The van der Waals surface area contributed by atoms with Gasteiger partial charge in [0.05, 0.1) is 13.2 Å². The molecule has 1 unspecified atom stereocenters. The summed E-state index contributed by atoms with van der Waals surface area (Å²) in [6.45, 7) is 3.90. The number of phosphoric ester groups is 1. The van der Waals surface area contributed by atoms with Crippen molar-refractivity contribution in [3.63, 3.8) is 0 Å². The van der Waals surface area contributed by atoms with E-state index in [0.717, 1.165) is 57.8 Å². The molecule has 0 bridgehead atoms. The van der Waals surface area contributed by atoms with Gasteiger partial charge in [0.2, 0.25) is 0 Å². The first-order valence-electron chi connectivity index (χ1n) is 20.9. The number of hydrogen-bond donors (Lipinski definition) is 1. The van der Waals surface area contributed by atoms with Gasteiger partial charge in [0.15, 0.2) is 6.10 Å². The molecule has 0 saturated carbocycles. The molecule has 300 valence electrons. The zero-order valence-corrected chi connectivity index (χ0v) is 33.8. The Morgan fingerprint density at radius 2 is 1.02 bits per heavy atom. The van der Waals surface area contributed by atoms with Crippen LogP contribution in [0.5, 0.6) is 0 Å². The van der Waals surface area contributed by atoms with Gasteiger partial charge in [-0.2, -0.15) is 0 Å². The third-order valence-electron chi connectivity index (χ3n) is 8.86. The summed E-state index contributed by atoms with van der Waals surface area (Å²) < 4.78 is 32.5. The Morgan fingerprint density at radius 1 is 0.588 bits per heavy atom. The number of phosphoric acid groups is 1. The molecule has 0 aliphatic carbocycles. The number of carbonyl (C=O) groups is 2. The summed E-state index contributed by atoms with van der Waals surface area (Å²) in [7, 11) is -4.58. The summed E-state index contributed by atoms with van der Waals surface area (Å²) >= 11 is 0. The zero-order valence-electron chi connectivity index (χ0n) is 32.9. The lowest BCUT2D eigenvalue weighted by Crippen LogP contribution is -2.52. The van der Waals surface area contributed by atoms with Crippen LogP contribution in [-0.2, 0) is 32.7 Å². The van der Waals surface area contributed by atoms with Crippen LogP contribution < -0.4 is 10.6 Å². The smallest absolute Gasteiger partial charge is 0.306 e. The highest BCUT2D eigenvalue weighted by molar-refractivity contribution is 7.45. The number of allylic oxidation sites excluding steroid dienone is 4. The molecule has 0 radical (unpaired) electrons. The molecule has 0 saturated heterocycles. The van der Waals surface area contributed by atoms with Gasteiger partial charge < -0.3 is 29.1 Å². The number of carbonyl (C=O) groups excluding carboxylic acids is 2. The highest BCUT2D eigenvalue weighted by Gasteiger charge is 2.21. The lowest BCUT2D eigenvalue weighted by Gasteiger charge is -2.25. The molecule has 0 aromatic carbocycles. The summed E-state index contributed by atoms with van der Waals surface area (Å²) in [5, 5.41) is 0. The fourth-order valence-electron chi connectivity index (χ4n) is 5.73. The second-order valence-electron chi connectivity index (χ2n) is 13.9. The van der Waals surface area contributed by atoms with Crippen molar-refractivity contribution in [1.82, 2.24) is 0 Å². The van der Waals surface area contributed by atoms with Gasteiger partial charge in [-0.1, -0.05) is 160 Å². The summed E-state index contributed by atoms with van der Waals surface area (Å²) in [6, 6.07) is 0. The zero-order chi connectivity index (χ0) is 37.5. The molecule has 0 rings (SSSR count). The van der Waals surface area contributed by atoms with E-state index < -0.39 is 32.5 Å². The molecular weight excluding hydrogens is 665 g/mol. The van der Waals surface area contributed by atoms with Crippen LogP contribution in [0.15, 0.2) is 24.3 Å². The van der Waals surface area contributed by atoms with E-state index in [1.807, 2.05) is 0 Å². The van der Waals surface area contributed by atoms with Crippen LogP contribution in [0.4, 0.5) is 0 Å². The molecule has 0 fully saturated rings. The molecule has 51 heavy (non-hydrogen) atoms. The lowest BCUT2D eigenvalue weighted by atomic mass is 10.0. The predicted octanol–water partition coefficient (Wildman–Crippen LogP) is 10.3. The van der Waals surface area contributed by atoms with Gasteiger partial charge in [-0.25, -0.2) is 0 Å². The van der Waals surface area contributed by atoms with Gasteiger partial charge in [-0.3, -0.25) is 14.2 Å². The van der Waals surface area contributed by atoms with Crippen molar-refractivity contribution in [3.8, 4) is 0 Å². The van der Waals surface area contributed by atoms with Crippen LogP contribution in [0.3, 0.4) is 0 Å². The van der Waals surface area contributed by atoms with Crippen LogP contribution in [0.1, 0.15) is 194 Å². The maximum Gasteiger partial charge on any atom is 0.306 e. The monoisotopic (exact) mass is 744 g/mol. The molecule has 9 nitrogen and oxygen atoms in total. The van der Waals surface area contributed by atoms with E-state index >= 15 is 0 Å². The van der Waals surface area contributed by atoms with E-state index in [1.165, 1.54) is 103 Å². The first-order valence-corrected chi connectivity index (χ1v) is 22.3. The lowest BCUT2D eigenvalue weighted by molar-refractivity contribution is -0.373.